The van der Waals surface area contributed by atoms with E-state index >= 15 is 0 Å². The summed E-state index contributed by atoms with van der Waals surface area (Å²) < 4.78 is 2.40. The third kappa shape index (κ3) is 2.75. The highest BCUT2D eigenvalue weighted by Crippen LogP contribution is 2.20. The predicted octanol–water partition coefficient (Wildman–Crippen LogP) is 3.80. The Morgan fingerprint density at radius 2 is 1.94 bits per heavy atom. The molecule has 2 rings (SSSR count). The second kappa shape index (κ2) is 6.05. The van der Waals surface area contributed by atoms with Crippen molar-refractivity contribution in [1.82, 2.24) is 9.88 Å². The quantitative estimate of drug-likeness (QED) is 0.818. The maximum absolute atomic E-state index is 3.20. The number of benzene rings is 1. The van der Waals surface area contributed by atoms with Gasteiger partial charge in [-0.2, -0.15) is 0 Å². The van der Waals surface area contributed by atoms with Gasteiger partial charge in [-0.25, -0.2) is 0 Å². The highest BCUT2D eigenvalue weighted by atomic mass is 15.0. The summed E-state index contributed by atoms with van der Waals surface area (Å²) in [6.07, 6.45) is 4.74. The first-order valence-electron chi connectivity index (χ1n) is 7.00. The van der Waals surface area contributed by atoms with Crippen LogP contribution in [-0.2, 0) is 13.1 Å². The molecule has 0 spiro atoms. The normalized spacial score (nSPS) is 11.6. The van der Waals surface area contributed by atoms with Crippen molar-refractivity contribution >= 4 is 10.9 Å². The highest BCUT2D eigenvalue weighted by molar-refractivity contribution is 5.80. The second-order valence-electron chi connectivity index (χ2n) is 5.07. The van der Waals surface area contributed by atoms with Crippen LogP contribution in [0.15, 0.2) is 30.5 Å². The van der Waals surface area contributed by atoms with E-state index in [1.54, 1.807) is 0 Å². The lowest BCUT2D eigenvalue weighted by atomic mass is 10.0. The second-order valence-corrected chi connectivity index (χ2v) is 5.07. The largest absolute Gasteiger partial charge is 0.347 e. The number of aromatic nitrogens is 1. The molecule has 1 aromatic carbocycles. The molecular weight excluding hydrogens is 220 g/mol. The molecule has 18 heavy (non-hydrogen) atoms. The molecule has 0 atom stereocenters. The maximum Gasteiger partial charge on any atom is 0.0480 e. The molecule has 0 radical (unpaired) electrons. The first-order chi connectivity index (χ1) is 8.78. The van der Waals surface area contributed by atoms with Crippen LogP contribution in [0, 0.1) is 5.92 Å². The molecule has 0 unspecified atom stereocenters. The first-order valence-corrected chi connectivity index (χ1v) is 7.00. The predicted molar refractivity (Wildman–Crippen MR) is 78.8 cm³/mol. The van der Waals surface area contributed by atoms with E-state index in [0.29, 0.717) is 0 Å². The monoisotopic (exact) mass is 244 g/mol. The number of nitrogens with one attached hydrogen (secondary N) is 1. The van der Waals surface area contributed by atoms with E-state index in [1.165, 1.54) is 29.3 Å². The first kappa shape index (κ1) is 13.2. The summed E-state index contributed by atoms with van der Waals surface area (Å²) in [4.78, 5) is 0. The van der Waals surface area contributed by atoms with E-state index in [2.05, 4.69) is 54.2 Å². The molecule has 2 heteroatoms. The van der Waals surface area contributed by atoms with Gasteiger partial charge in [0, 0.05) is 24.8 Å². The van der Waals surface area contributed by atoms with Gasteiger partial charge in [-0.05, 0) is 42.1 Å². The topological polar surface area (TPSA) is 17.0 Å². The minimum atomic E-state index is 0.789. The van der Waals surface area contributed by atoms with E-state index in [4.69, 9.17) is 0 Å². The van der Waals surface area contributed by atoms with E-state index in [9.17, 15) is 0 Å². The van der Waals surface area contributed by atoms with Gasteiger partial charge in [-0.3, -0.25) is 0 Å². The van der Waals surface area contributed by atoms with E-state index < -0.39 is 0 Å². The average molecular weight is 244 g/mol. The molecule has 98 valence electrons. The molecule has 0 fully saturated rings. The number of hydrogen-bond acceptors (Lipinski definition) is 1. The van der Waals surface area contributed by atoms with Crippen LogP contribution in [-0.4, -0.2) is 11.6 Å². The molecular formula is C16H24N2. The Morgan fingerprint density at radius 1 is 1.17 bits per heavy atom. The van der Waals surface area contributed by atoms with Gasteiger partial charge < -0.3 is 9.88 Å². The molecule has 1 aromatic heterocycles. The number of hydrogen-bond donors (Lipinski definition) is 1. The Labute approximate surface area is 110 Å². The molecule has 2 nitrogen and oxygen atoms in total. The lowest BCUT2D eigenvalue weighted by Crippen LogP contribution is -2.08. The van der Waals surface area contributed by atoms with Crippen LogP contribution >= 0.6 is 0 Å². The SMILES string of the molecule is CCC(CC)Cn1ccc2cc(CNC)ccc21. The third-order valence-electron chi connectivity index (χ3n) is 3.83. The van der Waals surface area contributed by atoms with Crippen LogP contribution < -0.4 is 5.32 Å². The van der Waals surface area contributed by atoms with Crippen LogP contribution in [0.1, 0.15) is 32.3 Å². The molecule has 0 saturated carbocycles. The van der Waals surface area contributed by atoms with Crippen molar-refractivity contribution in [3.8, 4) is 0 Å². The maximum atomic E-state index is 3.20. The lowest BCUT2D eigenvalue weighted by Gasteiger charge is -2.14. The van der Waals surface area contributed by atoms with Gasteiger partial charge in [-0.15, -0.1) is 0 Å². The molecule has 2 aromatic rings. The van der Waals surface area contributed by atoms with Crippen molar-refractivity contribution in [2.24, 2.45) is 5.92 Å². The average Bonchev–Trinajstić information content (AvgIpc) is 2.78. The Kier molecular flexibility index (Phi) is 4.43. The van der Waals surface area contributed by atoms with Gasteiger partial charge in [0.15, 0.2) is 0 Å². The zero-order valence-corrected chi connectivity index (χ0v) is 11.7. The zero-order chi connectivity index (χ0) is 13.0. The van der Waals surface area contributed by atoms with Crippen molar-refractivity contribution in [3.05, 3.63) is 36.0 Å². The van der Waals surface area contributed by atoms with Crippen LogP contribution in [0.25, 0.3) is 10.9 Å². The summed E-state index contributed by atoms with van der Waals surface area (Å²) in [5, 5.41) is 4.55. The lowest BCUT2D eigenvalue weighted by molar-refractivity contribution is 0.425. The molecule has 0 saturated heterocycles. The Morgan fingerprint density at radius 3 is 2.61 bits per heavy atom. The van der Waals surface area contributed by atoms with E-state index in [0.717, 1.165) is 19.0 Å². The molecule has 0 aliphatic carbocycles. The summed E-state index contributed by atoms with van der Waals surface area (Å²) >= 11 is 0. The summed E-state index contributed by atoms with van der Waals surface area (Å²) in [6.45, 7) is 6.64. The molecule has 0 aliphatic rings. The number of rotatable bonds is 6. The fraction of sp³-hybridized carbons (Fsp3) is 0.500. The van der Waals surface area contributed by atoms with Gasteiger partial charge >= 0.3 is 0 Å². The fourth-order valence-electron chi connectivity index (χ4n) is 2.55. The van der Waals surface area contributed by atoms with Crippen LogP contribution in [0.2, 0.25) is 0 Å². The van der Waals surface area contributed by atoms with Gasteiger partial charge in [-0.1, -0.05) is 32.8 Å². The van der Waals surface area contributed by atoms with Crippen molar-refractivity contribution in [2.45, 2.75) is 39.8 Å². The number of nitrogens with zero attached hydrogens (tertiary/aromatic N) is 1. The Bertz CT molecular complexity index is 495. The highest BCUT2D eigenvalue weighted by Gasteiger charge is 2.07. The van der Waals surface area contributed by atoms with Crippen molar-refractivity contribution in [1.29, 1.82) is 0 Å². The van der Waals surface area contributed by atoms with Gasteiger partial charge in [0.25, 0.3) is 0 Å². The van der Waals surface area contributed by atoms with Crippen LogP contribution in [0.3, 0.4) is 0 Å². The van der Waals surface area contributed by atoms with Gasteiger partial charge in [0.1, 0.15) is 0 Å². The Hall–Kier alpha value is -1.28. The smallest absolute Gasteiger partial charge is 0.0480 e. The molecule has 0 aliphatic heterocycles. The third-order valence-corrected chi connectivity index (χ3v) is 3.83. The fourth-order valence-corrected chi connectivity index (χ4v) is 2.55. The van der Waals surface area contributed by atoms with E-state index in [-0.39, 0.29) is 0 Å². The summed E-state index contributed by atoms with van der Waals surface area (Å²) in [7, 11) is 1.99. The van der Waals surface area contributed by atoms with Crippen molar-refractivity contribution in [2.75, 3.05) is 7.05 Å². The van der Waals surface area contributed by atoms with Crippen molar-refractivity contribution < 1.29 is 0 Å². The molecule has 0 amide bonds. The van der Waals surface area contributed by atoms with Crippen molar-refractivity contribution in [3.63, 3.8) is 0 Å². The molecule has 1 N–H and O–H groups in total. The van der Waals surface area contributed by atoms with E-state index in [1.807, 2.05) is 7.05 Å². The zero-order valence-electron chi connectivity index (χ0n) is 11.7. The number of fused-ring (bicyclic) bond motifs is 1. The van der Waals surface area contributed by atoms with Gasteiger partial charge in [0.2, 0.25) is 0 Å². The summed E-state index contributed by atoms with van der Waals surface area (Å²) in [5.41, 5.74) is 2.71. The standard InChI is InChI=1S/C16H24N2/c1-4-13(5-2)12-18-9-8-15-10-14(11-17-3)6-7-16(15)18/h6-10,13,17H,4-5,11-12H2,1-3H3. The Balaban J connectivity index is 2.25. The van der Waals surface area contributed by atoms with Gasteiger partial charge in [0.05, 0.1) is 0 Å². The molecule has 1 heterocycles. The minimum absolute atomic E-state index is 0.789. The minimum Gasteiger partial charge on any atom is -0.347 e. The summed E-state index contributed by atoms with van der Waals surface area (Å²) in [5.74, 6) is 0.789. The van der Waals surface area contributed by atoms with Crippen LogP contribution in [0.4, 0.5) is 0 Å². The molecule has 0 bridgehead atoms. The van der Waals surface area contributed by atoms with Crippen LogP contribution in [0.5, 0.6) is 0 Å². The summed E-state index contributed by atoms with van der Waals surface area (Å²) in [6, 6.07) is 9.00.